The van der Waals surface area contributed by atoms with Gasteiger partial charge in [0.1, 0.15) is 0 Å². The number of carbonyl (C=O) groups excluding carboxylic acids is 1. The molecule has 29 heavy (non-hydrogen) atoms. The Morgan fingerprint density at radius 1 is 1.28 bits per heavy atom. The summed E-state index contributed by atoms with van der Waals surface area (Å²) in [5.41, 5.74) is 0.553. The first-order chi connectivity index (χ1) is 14.2. The maximum atomic E-state index is 12.7. The Labute approximate surface area is 170 Å². The minimum atomic E-state index is -0.0392. The van der Waals surface area contributed by atoms with Gasteiger partial charge in [0.05, 0.1) is 25.2 Å². The van der Waals surface area contributed by atoms with E-state index in [4.69, 9.17) is 14.0 Å². The van der Waals surface area contributed by atoms with Crippen LogP contribution < -0.4 is 4.74 Å². The summed E-state index contributed by atoms with van der Waals surface area (Å²) >= 11 is 0. The van der Waals surface area contributed by atoms with Gasteiger partial charge in [-0.3, -0.25) is 4.79 Å². The molecule has 0 spiro atoms. The number of amides is 1. The average molecular weight is 400 g/mol. The summed E-state index contributed by atoms with van der Waals surface area (Å²) in [4.78, 5) is 23.1. The van der Waals surface area contributed by atoms with Crippen molar-refractivity contribution in [3.05, 3.63) is 35.6 Å². The average Bonchev–Trinajstić information content (AvgIpc) is 3.52. The van der Waals surface area contributed by atoms with Crippen LogP contribution in [-0.2, 0) is 11.2 Å². The first kappa shape index (κ1) is 19.8. The summed E-state index contributed by atoms with van der Waals surface area (Å²) in [6.45, 7) is 2.70. The molecule has 1 saturated heterocycles. The Hall–Kier alpha value is -2.48. The van der Waals surface area contributed by atoms with Gasteiger partial charge >= 0.3 is 0 Å². The van der Waals surface area contributed by atoms with Crippen LogP contribution in [0.1, 0.15) is 60.1 Å². The maximum Gasteiger partial charge on any atom is 0.255 e. The molecule has 2 aliphatic rings. The molecule has 1 unspecified atom stereocenters. The predicted octanol–water partition coefficient (Wildman–Crippen LogP) is 2.85. The first-order valence-corrected chi connectivity index (χ1v) is 10.4. The van der Waals surface area contributed by atoms with E-state index >= 15 is 0 Å². The lowest BCUT2D eigenvalue weighted by molar-refractivity contribution is 0.0789. The van der Waals surface area contributed by atoms with Gasteiger partial charge in [-0.05, 0) is 31.2 Å². The van der Waals surface area contributed by atoms with Crippen molar-refractivity contribution < 1.29 is 18.8 Å². The molecule has 2 fully saturated rings. The Balaban J connectivity index is 1.25. The quantitative estimate of drug-likeness (QED) is 0.629. The molecule has 0 aromatic carbocycles. The largest absolute Gasteiger partial charge is 0.481 e. The number of methoxy groups -OCH3 is 1. The third-order valence-electron chi connectivity index (χ3n) is 5.80. The van der Waals surface area contributed by atoms with Crippen LogP contribution in [0.2, 0.25) is 0 Å². The van der Waals surface area contributed by atoms with Crippen molar-refractivity contribution in [3.63, 3.8) is 0 Å². The molecule has 0 bridgehead atoms. The molecule has 2 aromatic heterocycles. The lowest BCUT2D eigenvalue weighted by Gasteiger charge is -2.15. The summed E-state index contributed by atoms with van der Waals surface area (Å²) < 4.78 is 16.3. The van der Waals surface area contributed by atoms with Gasteiger partial charge < -0.3 is 18.9 Å². The highest BCUT2D eigenvalue weighted by Crippen LogP contribution is 2.27. The fraction of sp³-hybridized carbons (Fsp3) is 0.619. The van der Waals surface area contributed by atoms with Crippen LogP contribution in [0.3, 0.4) is 0 Å². The Bertz CT molecular complexity index is 801. The molecule has 2 aromatic rings. The molecule has 0 N–H and O–H groups in total. The van der Waals surface area contributed by atoms with E-state index in [0.717, 1.165) is 18.9 Å². The van der Waals surface area contributed by atoms with Crippen molar-refractivity contribution in [1.29, 1.82) is 0 Å². The molecule has 1 atom stereocenters. The Morgan fingerprint density at radius 3 is 2.90 bits per heavy atom. The van der Waals surface area contributed by atoms with Gasteiger partial charge in [0.15, 0.2) is 5.82 Å². The lowest BCUT2D eigenvalue weighted by atomic mass is 10.1. The topological polar surface area (TPSA) is 90.6 Å². The molecule has 0 radical (unpaired) electrons. The predicted molar refractivity (Wildman–Crippen MR) is 105 cm³/mol. The van der Waals surface area contributed by atoms with Gasteiger partial charge in [-0.15, -0.1) is 0 Å². The monoisotopic (exact) mass is 400 g/mol. The highest BCUT2D eigenvalue weighted by molar-refractivity contribution is 5.94. The van der Waals surface area contributed by atoms with E-state index in [1.54, 1.807) is 25.4 Å². The molecule has 1 aliphatic heterocycles. The van der Waals surface area contributed by atoms with E-state index in [9.17, 15) is 4.79 Å². The van der Waals surface area contributed by atoms with Crippen molar-refractivity contribution in [1.82, 2.24) is 20.0 Å². The molecule has 156 valence electrons. The van der Waals surface area contributed by atoms with Crippen molar-refractivity contribution in [3.8, 4) is 5.88 Å². The number of nitrogens with zero attached hydrogens (tertiary/aromatic N) is 4. The molecule has 8 heteroatoms. The van der Waals surface area contributed by atoms with Gasteiger partial charge in [0, 0.05) is 38.4 Å². The van der Waals surface area contributed by atoms with Gasteiger partial charge in [0.2, 0.25) is 11.8 Å². The number of likely N-dealkylation sites (tertiary alicyclic amines) is 1. The summed E-state index contributed by atoms with van der Waals surface area (Å²) in [7, 11) is 1.55. The number of rotatable bonds is 8. The van der Waals surface area contributed by atoms with Crippen LogP contribution in [0.25, 0.3) is 0 Å². The second-order valence-corrected chi connectivity index (χ2v) is 7.85. The van der Waals surface area contributed by atoms with E-state index in [1.165, 1.54) is 25.7 Å². The van der Waals surface area contributed by atoms with Gasteiger partial charge in [0.25, 0.3) is 5.91 Å². The van der Waals surface area contributed by atoms with Crippen LogP contribution in [0, 0.1) is 5.92 Å². The van der Waals surface area contributed by atoms with Crippen LogP contribution in [0.5, 0.6) is 5.88 Å². The molecule has 1 aliphatic carbocycles. The number of ether oxygens (including phenoxy) is 2. The summed E-state index contributed by atoms with van der Waals surface area (Å²) in [5, 5.41) is 4.08. The van der Waals surface area contributed by atoms with Gasteiger partial charge in [-0.25, -0.2) is 4.98 Å². The molecule has 1 saturated carbocycles. The standard InChI is InChI=1S/C21H28N4O4/c1-27-19-7-6-16(12-22-19)21(26)25-10-8-17(13-25)20-23-18(24-29-20)9-11-28-14-15-4-2-3-5-15/h6-7,12,15,17H,2-5,8-11,13-14H2,1H3. The van der Waals surface area contributed by atoms with Gasteiger partial charge in [-0.1, -0.05) is 18.0 Å². The highest BCUT2D eigenvalue weighted by atomic mass is 16.5. The highest BCUT2D eigenvalue weighted by Gasteiger charge is 2.31. The zero-order valence-corrected chi connectivity index (χ0v) is 16.9. The van der Waals surface area contributed by atoms with Crippen LogP contribution in [-0.4, -0.2) is 59.3 Å². The summed E-state index contributed by atoms with van der Waals surface area (Å²) in [5.74, 6) is 2.54. The smallest absolute Gasteiger partial charge is 0.255 e. The van der Waals surface area contributed by atoms with E-state index < -0.39 is 0 Å². The van der Waals surface area contributed by atoms with Crippen LogP contribution in [0.4, 0.5) is 0 Å². The normalized spacial score (nSPS) is 19.8. The number of hydrogen-bond donors (Lipinski definition) is 0. The second kappa shape index (κ2) is 9.35. The number of pyridine rings is 1. The molecular weight excluding hydrogens is 372 g/mol. The minimum Gasteiger partial charge on any atom is -0.481 e. The SMILES string of the molecule is COc1ccc(C(=O)N2CCC(c3nc(CCOCC4CCCC4)no3)C2)cn1. The molecular formula is C21H28N4O4. The third-order valence-corrected chi connectivity index (χ3v) is 5.80. The first-order valence-electron chi connectivity index (χ1n) is 10.4. The van der Waals surface area contributed by atoms with E-state index in [0.29, 0.717) is 49.3 Å². The minimum absolute atomic E-state index is 0.0392. The fourth-order valence-electron chi connectivity index (χ4n) is 4.08. The van der Waals surface area contributed by atoms with Gasteiger partial charge in [-0.2, -0.15) is 4.98 Å². The fourth-order valence-corrected chi connectivity index (χ4v) is 4.08. The van der Waals surface area contributed by atoms with E-state index in [1.807, 2.05) is 4.90 Å². The number of hydrogen-bond acceptors (Lipinski definition) is 7. The zero-order chi connectivity index (χ0) is 20.1. The lowest BCUT2D eigenvalue weighted by Crippen LogP contribution is -2.28. The van der Waals surface area contributed by atoms with Crippen molar-refractivity contribution in [2.45, 2.75) is 44.4 Å². The number of aromatic nitrogens is 3. The van der Waals surface area contributed by atoms with E-state index in [2.05, 4.69) is 15.1 Å². The van der Waals surface area contributed by atoms with E-state index in [-0.39, 0.29) is 11.8 Å². The Kier molecular flexibility index (Phi) is 6.39. The van der Waals surface area contributed by atoms with Crippen molar-refractivity contribution in [2.75, 3.05) is 33.4 Å². The summed E-state index contributed by atoms with van der Waals surface area (Å²) in [6, 6.07) is 3.43. The second-order valence-electron chi connectivity index (χ2n) is 7.85. The zero-order valence-electron chi connectivity index (χ0n) is 16.9. The van der Waals surface area contributed by atoms with Crippen molar-refractivity contribution in [2.24, 2.45) is 5.92 Å². The molecule has 8 nitrogen and oxygen atoms in total. The van der Waals surface area contributed by atoms with Crippen LogP contribution >= 0.6 is 0 Å². The molecule has 4 rings (SSSR count). The number of carbonyl (C=O) groups is 1. The summed E-state index contributed by atoms with van der Waals surface area (Å²) in [6.07, 6.45) is 8.25. The van der Waals surface area contributed by atoms with Crippen molar-refractivity contribution >= 4 is 5.91 Å². The third kappa shape index (κ3) is 4.93. The Morgan fingerprint density at radius 2 is 2.14 bits per heavy atom. The molecule has 1 amide bonds. The molecule has 3 heterocycles. The van der Waals surface area contributed by atoms with Crippen LogP contribution in [0.15, 0.2) is 22.9 Å². The maximum absolute atomic E-state index is 12.7.